The lowest BCUT2D eigenvalue weighted by Gasteiger charge is -2.47. The molecule has 13 atom stereocenters. The van der Waals surface area contributed by atoms with E-state index in [0.717, 1.165) is 19.3 Å². The van der Waals surface area contributed by atoms with Gasteiger partial charge in [0.25, 0.3) is 0 Å². The maximum atomic E-state index is 10.8. The van der Waals surface area contributed by atoms with E-state index in [4.69, 9.17) is 18.9 Å². The Morgan fingerprint density at radius 3 is 1.94 bits per heavy atom. The average Bonchev–Trinajstić information content (AvgIpc) is 2.78. The van der Waals surface area contributed by atoms with Gasteiger partial charge in [-0.3, -0.25) is 0 Å². The van der Waals surface area contributed by atoms with E-state index < -0.39 is 74.6 Å². The molecule has 194 valence electrons. The molecule has 0 aromatic heterocycles. The number of aliphatic hydroxyl groups excluding tert-OH is 7. The van der Waals surface area contributed by atoms with Crippen LogP contribution in [0.15, 0.2) is 0 Å². The SMILES string of the molecule is CC(C)[C@@H]1CC[C@@H](C)C[C@H]1O[C@@H]1O[C@H](CO)[C@@H](O[C@H]2O[C@H](CO)[C@@H](O)[C@H](O)[C@H]2O)[C@H](O)[C@H]1O. The fourth-order valence-electron chi connectivity index (χ4n) is 5.11. The van der Waals surface area contributed by atoms with Crippen molar-refractivity contribution in [1.29, 1.82) is 0 Å². The molecule has 11 heteroatoms. The summed E-state index contributed by atoms with van der Waals surface area (Å²) in [5, 5.41) is 70.9. The normalized spacial score (nSPS) is 49.4. The Morgan fingerprint density at radius 2 is 1.33 bits per heavy atom. The summed E-state index contributed by atoms with van der Waals surface area (Å²) in [4.78, 5) is 0. The fraction of sp³-hybridized carbons (Fsp3) is 1.00. The molecule has 2 aliphatic heterocycles. The zero-order valence-electron chi connectivity index (χ0n) is 19.4. The quantitative estimate of drug-likeness (QED) is 0.216. The van der Waals surface area contributed by atoms with Crippen LogP contribution in [-0.4, -0.2) is 116 Å². The molecule has 0 bridgehead atoms. The molecular weight excluding hydrogens is 440 g/mol. The summed E-state index contributed by atoms with van der Waals surface area (Å²) in [5.74, 6) is 1.08. The average molecular weight is 481 g/mol. The zero-order chi connectivity index (χ0) is 24.4. The van der Waals surface area contributed by atoms with E-state index in [1.165, 1.54) is 0 Å². The minimum absolute atomic E-state index is 0.178. The van der Waals surface area contributed by atoms with Crippen molar-refractivity contribution in [2.45, 2.75) is 108 Å². The van der Waals surface area contributed by atoms with Crippen molar-refractivity contribution >= 4 is 0 Å². The molecule has 7 N–H and O–H groups in total. The molecule has 3 rings (SSSR count). The van der Waals surface area contributed by atoms with Crippen LogP contribution in [0.1, 0.15) is 40.0 Å². The van der Waals surface area contributed by atoms with Crippen LogP contribution in [0.4, 0.5) is 0 Å². The van der Waals surface area contributed by atoms with Crippen LogP contribution >= 0.6 is 0 Å². The second-order valence-electron chi connectivity index (χ2n) is 10.0. The first-order valence-electron chi connectivity index (χ1n) is 11.8. The molecule has 3 fully saturated rings. The van der Waals surface area contributed by atoms with Gasteiger partial charge in [-0.15, -0.1) is 0 Å². The third-order valence-electron chi connectivity index (χ3n) is 7.23. The van der Waals surface area contributed by atoms with E-state index in [1.807, 2.05) is 0 Å². The number of hydrogen-bond donors (Lipinski definition) is 7. The molecule has 1 aliphatic carbocycles. The molecule has 0 aromatic carbocycles. The monoisotopic (exact) mass is 480 g/mol. The van der Waals surface area contributed by atoms with E-state index in [1.54, 1.807) is 0 Å². The summed E-state index contributed by atoms with van der Waals surface area (Å²) in [6.07, 6.45) is -11.7. The first kappa shape index (κ1) is 27.2. The Bertz CT molecular complexity index is 603. The molecule has 11 nitrogen and oxygen atoms in total. The predicted octanol–water partition coefficient (Wildman–Crippen LogP) is -1.91. The van der Waals surface area contributed by atoms with E-state index in [0.29, 0.717) is 11.8 Å². The van der Waals surface area contributed by atoms with E-state index in [2.05, 4.69) is 20.8 Å². The molecule has 2 heterocycles. The van der Waals surface area contributed by atoms with E-state index in [-0.39, 0.29) is 12.0 Å². The van der Waals surface area contributed by atoms with Crippen LogP contribution in [0.5, 0.6) is 0 Å². The van der Waals surface area contributed by atoms with Crippen molar-refractivity contribution in [2.24, 2.45) is 17.8 Å². The molecule has 0 unspecified atom stereocenters. The molecule has 2 saturated heterocycles. The minimum atomic E-state index is -1.70. The van der Waals surface area contributed by atoms with E-state index in [9.17, 15) is 35.7 Å². The maximum absolute atomic E-state index is 10.8. The number of rotatable bonds is 7. The van der Waals surface area contributed by atoms with Gasteiger partial charge < -0.3 is 54.7 Å². The van der Waals surface area contributed by atoms with Gasteiger partial charge in [0.1, 0.15) is 48.8 Å². The van der Waals surface area contributed by atoms with Gasteiger partial charge in [0.15, 0.2) is 12.6 Å². The highest BCUT2D eigenvalue weighted by Crippen LogP contribution is 2.38. The van der Waals surface area contributed by atoms with Crippen LogP contribution in [0.3, 0.4) is 0 Å². The predicted molar refractivity (Wildman–Crippen MR) is 113 cm³/mol. The molecular formula is C22H40O11. The lowest BCUT2D eigenvalue weighted by atomic mass is 9.75. The second kappa shape index (κ2) is 11.5. The number of ether oxygens (including phenoxy) is 4. The summed E-state index contributed by atoms with van der Waals surface area (Å²) >= 11 is 0. The third kappa shape index (κ3) is 5.87. The minimum Gasteiger partial charge on any atom is -0.394 e. The summed E-state index contributed by atoms with van der Waals surface area (Å²) in [6, 6.07) is 0. The van der Waals surface area contributed by atoms with Gasteiger partial charge in [-0.1, -0.05) is 27.2 Å². The Labute approximate surface area is 193 Å². The Hall–Kier alpha value is -0.440. The van der Waals surface area contributed by atoms with Crippen molar-refractivity contribution in [2.75, 3.05) is 13.2 Å². The first-order valence-corrected chi connectivity index (χ1v) is 11.8. The molecule has 1 saturated carbocycles. The summed E-state index contributed by atoms with van der Waals surface area (Å²) in [7, 11) is 0. The van der Waals surface area contributed by atoms with Crippen LogP contribution in [0.25, 0.3) is 0 Å². The second-order valence-corrected chi connectivity index (χ2v) is 10.0. The highest BCUT2D eigenvalue weighted by Gasteiger charge is 2.51. The van der Waals surface area contributed by atoms with Gasteiger partial charge in [-0.2, -0.15) is 0 Å². The lowest BCUT2D eigenvalue weighted by Crippen LogP contribution is -2.65. The third-order valence-corrected chi connectivity index (χ3v) is 7.23. The summed E-state index contributed by atoms with van der Waals surface area (Å²) in [5.41, 5.74) is 0. The van der Waals surface area contributed by atoms with Crippen molar-refractivity contribution < 1.29 is 54.7 Å². The summed E-state index contributed by atoms with van der Waals surface area (Å²) in [6.45, 7) is 5.14. The number of aliphatic hydroxyl groups is 7. The molecule has 0 amide bonds. The molecule has 33 heavy (non-hydrogen) atoms. The van der Waals surface area contributed by atoms with Crippen molar-refractivity contribution in [3.05, 3.63) is 0 Å². The topological polar surface area (TPSA) is 179 Å². The highest BCUT2D eigenvalue weighted by atomic mass is 16.7. The Kier molecular flexibility index (Phi) is 9.49. The standard InChI is InChI=1S/C22H40O11/c1-9(2)11-5-4-10(3)6-12(11)30-21-19(29)17(27)20(14(8-24)32-21)33-22-18(28)16(26)15(25)13(7-23)31-22/h9-29H,4-8H2,1-3H3/t10-,11+,12-,13-,14-,15-,16+,17-,18-,19-,20-,21-,22-/m1/s1. The van der Waals surface area contributed by atoms with Gasteiger partial charge in [0, 0.05) is 0 Å². The summed E-state index contributed by atoms with van der Waals surface area (Å²) < 4.78 is 22.8. The molecule has 3 aliphatic rings. The van der Waals surface area contributed by atoms with Crippen LogP contribution in [-0.2, 0) is 18.9 Å². The van der Waals surface area contributed by atoms with Gasteiger partial charge in [-0.05, 0) is 30.6 Å². The van der Waals surface area contributed by atoms with Gasteiger partial charge >= 0.3 is 0 Å². The van der Waals surface area contributed by atoms with Gasteiger partial charge in [0.2, 0.25) is 0 Å². The Balaban J connectivity index is 1.70. The van der Waals surface area contributed by atoms with Crippen LogP contribution in [0.2, 0.25) is 0 Å². The van der Waals surface area contributed by atoms with Crippen LogP contribution < -0.4 is 0 Å². The van der Waals surface area contributed by atoms with Crippen molar-refractivity contribution in [3.8, 4) is 0 Å². The fourth-order valence-corrected chi connectivity index (χ4v) is 5.11. The lowest BCUT2D eigenvalue weighted by molar-refractivity contribution is -0.365. The largest absolute Gasteiger partial charge is 0.394 e. The van der Waals surface area contributed by atoms with E-state index >= 15 is 0 Å². The smallest absolute Gasteiger partial charge is 0.187 e. The van der Waals surface area contributed by atoms with Gasteiger partial charge in [-0.25, -0.2) is 0 Å². The Morgan fingerprint density at radius 1 is 0.758 bits per heavy atom. The zero-order valence-corrected chi connectivity index (χ0v) is 19.4. The van der Waals surface area contributed by atoms with Gasteiger partial charge in [0.05, 0.1) is 19.3 Å². The van der Waals surface area contributed by atoms with Crippen LogP contribution in [0, 0.1) is 17.8 Å². The highest BCUT2D eigenvalue weighted by molar-refractivity contribution is 4.94. The van der Waals surface area contributed by atoms with Crippen molar-refractivity contribution in [3.63, 3.8) is 0 Å². The molecule has 0 radical (unpaired) electrons. The molecule has 0 aromatic rings. The first-order chi connectivity index (χ1) is 15.6. The maximum Gasteiger partial charge on any atom is 0.187 e. The van der Waals surface area contributed by atoms with Crippen molar-refractivity contribution in [1.82, 2.24) is 0 Å². The molecule has 0 spiro atoms. The number of hydrogen-bond acceptors (Lipinski definition) is 11.